The molecule has 52 heavy (non-hydrogen) atoms. The number of aromatic nitrogens is 4. The number of hydrogen-bond acceptors (Lipinski definition) is 5. The third kappa shape index (κ3) is 5.79. The first-order chi connectivity index (χ1) is 25.3. The van der Waals surface area contributed by atoms with Gasteiger partial charge in [-0.3, -0.25) is 19.0 Å². The van der Waals surface area contributed by atoms with Crippen LogP contribution in [0.3, 0.4) is 0 Å². The van der Waals surface area contributed by atoms with E-state index in [2.05, 4.69) is 57.0 Å². The molecule has 2 N–H and O–H groups in total. The van der Waals surface area contributed by atoms with Gasteiger partial charge in [-0.2, -0.15) is 0 Å². The molecule has 8 saturated carbocycles. The fourth-order valence-electron chi connectivity index (χ4n) is 12.9. The Kier molecular flexibility index (Phi) is 7.73. The van der Waals surface area contributed by atoms with Crippen LogP contribution in [0.5, 0.6) is 0 Å². The number of benzene rings is 2. The van der Waals surface area contributed by atoms with E-state index < -0.39 is 0 Å². The number of imidazole rings is 1. The molecule has 8 fully saturated rings. The second kappa shape index (κ2) is 12.4. The highest BCUT2D eigenvalue weighted by molar-refractivity contribution is 5.91. The number of hydrogen-bond donors (Lipinski definition) is 2. The van der Waals surface area contributed by atoms with Gasteiger partial charge in [0.1, 0.15) is 6.33 Å². The minimum atomic E-state index is -0.292. The molecule has 0 radical (unpaired) electrons. The van der Waals surface area contributed by atoms with Gasteiger partial charge in [0.15, 0.2) is 11.2 Å². The van der Waals surface area contributed by atoms with Crippen LogP contribution in [0.15, 0.2) is 66.0 Å². The van der Waals surface area contributed by atoms with Crippen molar-refractivity contribution in [2.24, 2.45) is 35.5 Å². The molecule has 4 aromatic rings. The van der Waals surface area contributed by atoms with Crippen LogP contribution in [0.1, 0.15) is 101 Å². The minimum absolute atomic E-state index is 0.0915. The molecule has 2 aromatic carbocycles. The van der Waals surface area contributed by atoms with E-state index in [-0.39, 0.29) is 42.3 Å². The van der Waals surface area contributed by atoms with Gasteiger partial charge < -0.3 is 15.2 Å². The Balaban J connectivity index is 0.721. The van der Waals surface area contributed by atoms with Crippen molar-refractivity contribution in [3.8, 4) is 0 Å². The van der Waals surface area contributed by atoms with Crippen LogP contribution in [-0.2, 0) is 33.5 Å². The zero-order valence-corrected chi connectivity index (χ0v) is 30.1. The fraction of sp³-hybridized carbons (Fsp3) is 0.558. The highest BCUT2D eigenvalue weighted by Gasteiger charge is 2.52. The van der Waals surface area contributed by atoms with Crippen molar-refractivity contribution < 1.29 is 9.59 Å². The third-order valence-electron chi connectivity index (χ3n) is 14.4. The number of nitrogens with one attached hydrogen (secondary N) is 2. The van der Waals surface area contributed by atoms with Crippen LogP contribution in [-0.4, -0.2) is 30.9 Å². The minimum Gasteiger partial charge on any atom is -0.326 e. The summed E-state index contributed by atoms with van der Waals surface area (Å²) in [4.78, 5) is 47.9. The Morgan fingerprint density at radius 1 is 0.577 bits per heavy atom. The molecule has 0 spiro atoms. The molecular formula is C43H50N6O3. The number of fused-ring (bicyclic) bond motifs is 1. The summed E-state index contributed by atoms with van der Waals surface area (Å²) < 4.78 is 3.19. The van der Waals surface area contributed by atoms with Crippen molar-refractivity contribution in [3.63, 3.8) is 0 Å². The molecule has 0 unspecified atom stereocenters. The van der Waals surface area contributed by atoms with Crippen LogP contribution in [0, 0.1) is 35.5 Å². The van der Waals surface area contributed by atoms with E-state index in [0.717, 1.165) is 46.9 Å². The number of rotatable bonds is 10. The molecule has 2 heterocycles. The molecule has 12 rings (SSSR count). The van der Waals surface area contributed by atoms with Crippen molar-refractivity contribution in [2.45, 2.75) is 114 Å². The first kappa shape index (κ1) is 32.4. The van der Waals surface area contributed by atoms with Gasteiger partial charge in [0.25, 0.3) is 5.56 Å². The number of amides is 2. The normalized spacial score (nSPS) is 32.4. The summed E-state index contributed by atoms with van der Waals surface area (Å²) in [5.41, 5.74) is 5.56. The first-order valence-electron chi connectivity index (χ1n) is 20.0. The summed E-state index contributed by atoms with van der Waals surface area (Å²) in [5.74, 6) is 5.15. The molecule has 0 atom stereocenters. The predicted molar refractivity (Wildman–Crippen MR) is 201 cm³/mol. The van der Waals surface area contributed by atoms with Crippen LogP contribution >= 0.6 is 0 Å². The number of nitrogens with zero attached hydrogens (tertiary/aromatic N) is 4. The standard InChI is InChI=1S/C43H50N6O3/c50-37(46-35-5-1-33(2-6-35)42-19-27-13-28(20-42)15-29(14-27)21-42)9-11-48-25-44-39-40(48)45-26-49(41(39)52)12-10-38(51)47-36-7-3-34(4-8-36)43-22-30-16-31(23-43)18-32(17-30)24-43/h1-8,25-32H,9-24H2,(H,46,50)(H,47,51). The number of anilines is 2. The van der Waals surface area contributed by atoms with E-state index in [1.165, 1.54) is 99.1 Å². The van der Waals surface area contributed by atoms with Crippen molar-refractivity contribution in [3.05, 3.63) is 82.7 Å². The summed E-state index contributed by atoms with van der Waals surface area (Å²) in [6.07, 6.45) is 19.9. The quantitative estimate of drug-likeness (QED) is 0.177. The van der Waals surface area contributed by atoms with Crippen LogP contribution in [0.25, 0.3) is 11.2 Å². The van der Waals surface area contributed by atoms with E-state index >= 15 is 0 Å². The summed E-state index contributed by atoms with van der Waals surface area (Å²) in [7, 11) is 0. The molecule has 9 heteroatoms. The average Bonchev–Trinajstić information content (AvgIpc) is 3.54. The second-order valence-electron chi connectivity index (χ2n) is 18.0. The molecule has 270 valence electrons. The Hall–Kier alpha value is -4.27. The van der Waals surface area contributed by atoms with E-state index in [9.17, 15) is 14.4 Å². The monoisotopic (exact) mass is 698 g/mol. The maximum absolute atomic E-state index is 13.3. The van der Waals surface area contributed by atoms with Gasteiger partial charge in [-0.1, -0.05) is 24.3 Å². The van der Waals surface area contributed by atoms with Gasteiger partial charge >= 0.3 is 0 Å². The highest BCUT2D eigenvalue weighted by atomic mass is 16.2. The Morgan fingerprint density at radius 3 is 1.38 bits per heavy atom. The number of carbonyl (C=O) groups is 2. The largest absolute Gasteiger partial charge is 0.326 e. The lowest BCUT2D eigenvalue weighted by molar-refractivity contribution is -0.117. The van der Waals surface area contributed by atoms with Gasteiger partial charge in [0.05, 0.1) is 6.33 Å². The number of carbonyl (C=O) groups excluding carboxylic acids is 2. The first-order valence-corrected chi connectivity index (χ1v) is 20.0. The number of aryl methyl sites for hydroxylation is 2. The summed E-state index contributed by atoms with van der Waals surface area (Å²) in [6, 6.07) is 17.1. The van der Waals surface area contributed by atoms with Crippen LogP contribution in [0.2, 0.25) is 0 Å². The molecule has 2 aromatic heterocycles. The van der Waals surface area contributed by atoms with Gasteiger partial charge in [0, 0.05) is 37.3 Å². The molecular weight excluding hydrogens is 649 g/mol. The van der Waals surface area contributed by atoms with Gasteiger partial charge in [0.2, 0.25) is 11.8 Å². The zero-order chi connectivity index (χ0) is 35.0. The third-order valence-corrected chi connectivity index (χ3v) is 14.4. The van der Waals surface area contributed by atoms with E-state index in [4.69, 9.17) is 0 Å². The van der Waals surface area contributed by atoms with Gasteiger partial charge in [-0.15, -0.1) is 0 Å². The molecule has 0 aliphatic heterocycles. The average molecular weight is 699 g/mol. The molecule has 2 amide bonds. The smallest absolute Gasteiger partial charge is 0.281 e. The van der Waals surface area contributed by atoms with Crippen molar-refractivity contribution in [2.75, 3.05) is 10.6 Å². The Bertz CT molecular complexity index is 2010. The molecule has 0 saturated heterocycles. The Morgan fingerprint density at radius 2 is 0.962 bits per heavy atom. The predicted octanol–water partition coefficient (Wildman–Crippen LogP) is 7.59. The topological polar surface area (TPSA) is 111 Å². The fourth-order valence-corrected chi connectivity index (χ4v) is 12.9. The Labute approximate surface area is 305 Å². The summed E-state index contributed by atoms with van der Waals surface area (Å²) >= 11 is 0. The van der Waals surface area contributed by atoms with E-state index in [0.29, 0.717) is 23.0 Å². The second-order valence-corrected chi connectivity index (χ2v) is 18.0. The lowest BCUT2D eigenvalue weighted by atomic mass is 9.48. The van der Waals surface area contributed by atoms with Crippen molar-refractivity contribution in [1.29, 1.82) is 0 Å². The zero-order valence-electron chi connectivity index (χ0n) is 30.1. The van der Waals surface area contributed by atoms with Crippen LogP contribution < -0.4 is 16.2 Å². The lowest BCUT2D eigenvalue weighted by Gasteiger charge is -2.57. The molecule has 9 nitrogen and oxygen atoms in total. The van der Waals surface area contributed by atoms with Gasteiger partial charge in [-0.25, -0.2) is 9.97 Å². The van der Waals surface area contributed by atoms with E-state index in [1.54, 1.807) is 10.9 Å². The molecule has 8 aliphatic rings. The molecule has 8 bridgehead atoms. The maximum atomic E-state index is 13.3. The highest BCUT2D eigenvalue weighted by Crippen LogP contribution is 2.62. The van der Waals surface area contributed by atoms with Crippen LogP contribution in [0.4, 0.5) is 11.4 Å². The SMILES string of the molecule is O=C(CCn1cnc2c(ncn2CCC(=O)Nc2ccc(C34CC5CC(CC(C5)C3)C4)cc2)c1=O)Nc1ccc(C23CC4CC(CC(C4)C2)C3)cc1. The molecule has 8 aliphatic carbocycles. The van der Waals surface area contributed by atoms with Gasteiger partial charge in [-0.05, 0) is 159 Å². The lowest BCUT2D eigenvalue weighted by Crippen LogP contribution is -2.48. The van der Waals surface area contributed by atoms with Crippen molar-refractivity contribution >= 4 is 34.4 Å². The summed E-state index contributed by atoms with van der Waals surface area (Å²) in [5, 5.41) is 6.07. The van der Waals surface area contributed by atoms with E-state index in [1.807, 2.05) is 12.1 Å². The van der Waals surface area contributed by atoms with Crippen molar-refractivity contribution in [1.82, 2.24) is 19.1 Å². The summed E-state index contributed by atoms with van der Waals surface area (Å²) in [6.45, 7) is 0.560. The maximum Gasteiger partial charge on any atom is 0.281 e.